The second-order valence-electron chi connectivity index (χ2n) is 4.75. The number of nitrogens with zero attached hydrogens (tertiary/aromatic N) is 3. The van der Waals surface area contributed by atoms with Crippen molar-refractivity contribution in [2.75, 3.05) is 24.7 Å². The average Bonchev–Trinajstić information content (AvgIpc) is 3.06. The van der Waals surface area contributed by atoms with E-state index in [0.29, 0.717) is 30.5 Å². The van der Waals surface area contributed by atoms with E-state index in [4.69, 9.17) is 9.15 Å². The molecule has 1 unspecified atom stereocenters. The molecule has 1 saturated carbocycles. The van der Waals surface area contributed by atoms with Crippen LogP contribution in [-0.2, 0) is 11.3 Å². The molecular weight excluding hydrogens is 220 g/mol. The third kappa shape index (κ3) is 2.58. The summed E-state index contributed by atoms with van der Waals surface area (Å²) in [6, 6.07) is 1.58. The highest BCUT2D eigenvalue weighted by molar-refractivity contribution is 5.26. The van der Waals surface area contributed by atoms with E-state index in [9.17, 15) is 0 Å². The first-order valence-corrected chi connectivity index (χ1v) is 6.23. The molecule has 1 atom stereocenters. The van der Waals surface area contributed by atoms with E-state index in [0.717, 1.165) is 19.8 Å². The van der Waals surface area contributed by atoms with Gasteiger partial charge in [0, 0.05) is 12.6 Å². The van der Waals surface area contributed by atoms with Crippen LogP contribution in [0.25, 0.3) is 0 Å². The molecule has 0 amide bonds. The van der Waals surface area contributed by atoms with Gasteiger partial charge in [-0.15, -0.1) is 5.10 Å². The Kier molecular flexibility index (Phi) is 2.98. The summed E-state index contributed by atoms with van der Waals surface area (Å²) in [5, 5.41) is 11.5. The van der Waals surface area contributed by atoms with Gasteiger partial charge >= 0.3 is 6.01 Å². The van der Waals surface area contributed by atoms with Crippen LogP contribution in [0.1, 0.15) is 25.7 Å². The van der Waals surface area contributed by atoms with Crippen molar-refractivity contribution >= 4 is 6.01 Å². The smallest absolute Gasteiger partial charge is 0.318 e. The summed E-state index contributed by atoms with van der Waals surface area (Å²) in [6.45, 7) is 5.04. The van der Waals surface area contributed by atoms with Crippen molar-refractivity contribution < 1.29 is 9.15 Å². The molecule has 0 aromatic carbocycles. The van der Waals surface area contributed by atoms with Gasteiger partial charge in [-0.3, -0.25) is 0 Å². The van der Waals surface area contributed by atoms with E-state index in [1.165, 1.54) is 12.8 Å². The van der Waals surface area contributed by atoms with Gasteiger partial charge in [0.1, 0.15) is 0 Å². The minimum atomic E-state index is 0.299. The molecule has 6 nitrogen and oxygen atoms in total. The summed E-state index contributed by atoms with van der Waals surface area (Å²) < 4.78 is 11.0. The molecule has 94 valence electrons. The first-order chi connectivity index (χ1) is 8.33. The van der Waals surface area contributed by atoms with Crippen molar-refractivity contribution in [1.82, 2.24) is 15.5 Å². The predicted octanol–water partition coefficient (Wildman–Crippen LogP) is 0.547. The van der Waals surface area contributed by atoms with Gasteiger partial charge < -0.3 is 19.4 Å². The van der Waals surface area contributed by atoms with E-state index >= 15 is 0 Å². The van der Waals surface area contributed by atoms with Gasteiger partial charge in [0.15, 0.2) is 0 Å². The lowest BCUT2D eigenvalue weighted by atomic mass is 10.3. The molecule has 2 aliphatic rings. The van der Waals surface area contributed by atoms with Crippen LogP contribution in [0.3, 0.4) is 0 Å². The van der Waals surface area contributed by atoms with Gasteiger partial charge in [0.05, 0.1) is 25.8 Å². The Hall–Kier alpha value is -1.14. The Morgan fingerprint density at radius 2 is 2.29 bits per heavy atom. The fraction of sp³-hybridized carbons (Fsp3) is 0.818. The van der Waals surface area contributed by atoms with Crippen LogP contribution < -0.4 is 10.2 Å². The van der Waals surface area contributed by atoms with Crippen molar-refractivity contribution in [3.8, 4) is 0 Å². The van der Waals surface area contributed by atoms with Crippen LogP contribution in [0.15, 0.2) is 4.42 Å². The Labute approximate surface area is 100 Å². The topological polar surface area (TPSA) is 63.4 Å². The monoisotopic (exact) mass is 238 g/mol. The summed E-state index contributed by atoms with van der Waals surface area (Å²) in [5.74, 6) is 0.672. The molecular formula is C11H18N4O2. The van der Waals surface area contributed by atoms with Gasteiger partial charge in [0.2, 0.25) is 5.89 Å². The zero-order chi connectivity index (χ0) is 11.7. The maximum absolute atomic E-state index is 5.66. The molecule has 1 aromatic heterocycles. The number of nitrogens with one attached hydrogen (secondary N) is 1. The third-order valence-corrected chi connectivity index (χ3v) is 3.19. The van der Waals surface area contributed by atoms with E-state index in [1.54, 1.807) is 0 Å². The van der Waals surface area contributed by atoms with Crippen molar-refractivity contribution in [1.29, 1.82) is 0 Å². The van der Waals surface area contributed by atoms with Crippen molar-refractivity contribution in [2.45, 2.75) is 38.4 Å². The molecule has 0 radical (unpaired) electrons. The Morgan fingerprint density at radius 1 is 1.41 bits per heavy atom. The second-order valence-corrected chi connectivity index (χ2v) is 4.75. The van der Waals surface area contributed by atoms with Gasteiger partial charge in [0.25, 0.3) is 0 Å². The highest BCUT2D eigenvalue weighted by Crippen LogP contribution is 2.21. The van der Waals surface area contributed by atoms with Gasteiger partial charge in [-0.25, -0.2) is 0 Å². The molecule has 1 aliphatic heterocycles. The van der Waals surface area contributed by atoms with Gasteiger partial charge in [-0.05, 0) is 19.8 Å². The lowest BCUT2D eigenvalue weighted by molar-refractivity contribution is 0.0959. The molecule has 2 heterocycles. The second kappa shape index (κ2) is 4.62. The molecule has 6 heteroatoms. The Balaban J connectivity index is 1.61. The number of hydrogen-bond acceptors (Lipinski definition) is 6. The van der Waals surface area contributed by atoms with Crippen LogP contribution >= 0.6 is 0 Å². The first kappa shape index (κ1) is 11.0. The molecule has 3 rings (SSSR count). The fourth-order valence-corrected chi connectivity index (χ4v) is 1.96. The standard InChI is InChI=1S/C11H18N4O2/c1-8-7-16-5-4-15(8)11-14-13-10(17-11)6-12-9-2-3-9/h8-9,12H,2-7H2,1H3. The minimum absolute atomic E-state index is 0.299. The Bertz CT molecular complexity index is 377. The highest BCUT2D eigenvalue weighted by atomic mass is 16.5. The van der Waals surface area contributed by atoms with E-state index in [2.05, 4.69) is 27.3 Å². The van der Waals surface area contributed by atoms with Crippen LogP contribution in [0.2, 0.25) is 0 Å². The number of anilines is 1. The van der Waals surface area contributed by atoms with E-state index in [-0.39, 0.29) is 0 Å². The molecule has 1 aliphatic carbocycles. The molecule has 1 aromatic rings. The normalized spacial score (nSPS) is 25.2. The van der Waals surface area contributed by atoms with Crippen LogP contribution in [-0.4, -0.2) is 42.0 Å². The third-order valence-electron chi connectivity index (χ3n) is 3.19. The van der Waals surface area contributed by atoms with Crippen molar-refractivity contribution in [2.24, 2.45) is 0 Å². The number of hydrogen-bond donors (Lipinski definition) is 1. The average molecular weight is 238 g/mol. The number of aromatic nitrogens is 2. The fourth-order valence-electron chi connectivity index (χ4n) is 1.96. The van der Waals surface area contributed by atoms with Crippen LogP contribution in [0, 0.1) is 0 Å². The molecule has 2 fully saturated rings. The van der Waals surface area contributed by atoms with Crippen molar-refractivity contribution in [3.05, 3.63) is 5.89 Å². The maximum Gasteiger partial charge on any atom is 0.318 e. The summed E-state index contributed by atoms with van der Waals surface area (Å²) in [6.07, 6.45) is 2.53. The largest absolute Gasteiger partial charge is 0.407 e. The molecule has 17 heavy (non-hydrogen) atoms. The SMILES string of the molecule is CC1COCCN1c1nnc(CNC2CC2)o1. The van der Waals surface area contributed by atoms with Gasteiger partial charge in [-0.2, -0.15) is 0 Å². The molecule has 0 bridgehead atoms. The number of morpholine rings is 1. The summed E-state index contributed by atoms with van der Waals surface area (Å²) >= 11 is 0. The zero-order valence-corrected chi connectivity index (χ0v) is 10.1. The number of ether oxygens (including phenoxy) is 1. The summed E-state index contributed by atoms with van der Waals surface area (Å²) in [4.78, 5) is 2.11. The highest BCUT2D eigenvalue weighted by Gasteiger charge is 2.25. The lowest BCUT2D eigenvalue weighted by Gasteiger charge is -2.31. The quantitative estimate of drug-likeness (QED) is 0.826. The van der Waals surface area contributed by atoms with Crippen molar-refractivity contribution in [3.63, 3.8) is 0 Å². The van der Waals surface area contributed by atoms with E-state index < -0.39 is 0 Å². The summed E-state index contributed by atoms with van der Waals surface area (Å²) in [7, 11) is 0. The molecule has 1 saturated heterocycles. The van der Waals surface area contributed by atoms with Crippen LogP contribution in [0.5, 0.6) is 0 Å². The lowest BCUT2D eigenvalue weighted by Crippen LogP contribution is -2.43. The first-order valence-electron chi connectivity index (χ1n) is 6.23. The zero-order valence-electron chi connectivity index (χ0n) is 10.1. The number of rotatable bonds is 4. The van der Waals surface area contributed by atoms with Crippen LogP contribution in [0.4, 0.5) is 6.01 Å². The predicted molar refractivity (Wildman–Crippen MR) is 61.8 cm³/mol. The summed E-state index contributed by atoms with van der Waals surface area (Å²) in [5.41, 5.74) is 0. The molecule has 1 N–H and O–H groups in total. The maximum atomic E-state index is 5.66. The van der Waals surface area contributed by atoms with E-state index in [1.807, 2.05) is 0 Å². The Morgan fingerprint density at radius 3 is 3.06 bits per heavy atom. The molecule has 0 spiro atoms. The minimum Gasteiger partial charge on any atom is -0.407 e. The van der Waals surface area contributed by atoms with Gasteiger partial charge in [-0.1, -0.05) is 5.10 Å².